The molecule has 0 atom stereocenters. The van der Waals surface area contributed by atoms with Crippen LogP contribution in [0.4, 0.5) is 5.82 Å². The van der Waals surface area contributed by atoms with Crippen LogP contribution in [0.5, 0.6) is 0 Å². The van der Waals surface area contributed by atoms with Crippen molar-refractivity contribution in [1.29, 1.82) is 0 Å². The lowest BCUT2D eigenvalue weighted by Gasteiger charge is -2.11. The minimum Gasteiger partial charge on any atom is -0.326 e. The standard InChI is InChI=1S/C26H30N6O3/c1-17-7-6-8-18(2)20(17)15-32-16-27-21-12-11-19(13-23(21)32)22-14-24(30-29-22)28-25(33)9-4-3-5-10-26(34)31-35/h6-8,11-14,16,35H,3-5,9-10,15H2,1-2H3,(H,31,34)(H2,28,29,30,33). The number of nitrogens with one attached hydrogen (secondary N) is 3. The van der Waals surface area contributed by atoms with E-state index in [-0.39, 0.29) is 12.3 Å². The highest BCUT2D eigenvalue weighted by Crippen LogP contribution is 2.26. The summed E-state index contributed by atoms with van der Waals surface area (Å²) >= 11 is 0. The van der Waals surface area contributed by atoms with Gasteiger partial charge in [-0.1, -0.05) is 30.7 Å². The van der Waals surface area contributed by atoms with Crippen LogP contribution in [0.1, 0.15) is 48.8 Å². The molecule has 35 heavy (non-hydrogen) atoms. The normalized spacial score (nSPS) is 11.1. The van der Waals surface area contributed by atoms with Gasteiger partial charge in [0.2, 0.25) is 11.8 Å². The Hall–Kier alpha value is -3.98. The number of H-pyrrole nitrogens is 1. The molecule has 0 aliphatic heterocycles. The molecule has 0 aliphatic rings. The van der Waals surface area contributed by atoms with Crippen molar-refractivity contribution in [3.05, 3.63) is 65.5 Å². The van der Waals surface area contributed by atoms with Gasteiger partial charge < -0.3 is 9.88 Å². The summed E-state index contributed by atoms with van der Waals surface area (Å²) in [6, 6.07) is 14.2. The molecule has 2 amide bonds. The first-order chi connectivity index (χ1) is 16.9. The molecule has 0 unspecified atom stereocenters. The van der Waals surface area contributed by atoms with Gasteiger partial charge in [0, 0.05) is 31.0 Å². The van der Waals surface area contributed by atoms with Crippen molar-refractivity contribution in [3.63, 3.8) is 0 Å². The molecular formula is C26H30N6O3. The number of rotatable bonds is 10. The third-order valence-corrected chi connectivity index (χ3v) is 6.18. The van der Waals surface area contributed by atoms with Crippen molar-refractivity contribution in [1.82, 2.24) is 25.2 Å². The zero-order valence-electron chi connectivity index (χ0n) is 20.0. The second-order valence-corrected chi connectivity index (χ2v) is 8.76. The van der Waals surface area contributed by atoms with Crippen molar-refractivity contribution in [3.8, 4) is 11.3 Å². The van der Waals surface area contributed by atoms with Crippen molar-refractivity contribution < 1.29 is 14.8 Å². The number of benzene rings is 2. The summed E-state index contributed by atoms with van der Waals surface area (Å²) in [7, 11) is 0. The lowest BCUT2D eigenvalue weighted by molar-refractivity contribution is -0.129. The minimum atomic E-state index is -0.412. The van der Waals surface area contributed by atoms with E-state index in [4.69, 9.17) is 5.21 Å². The number of fused-ring (bicyclic) bond motifs is 1. The Morgan fingerprint density at radius 1 is 1.00 bits per heavy atom. The van der Waals surface area contributed by atoms with E-state index in [1.807, 2.05) is 24.5 Å². The van der Waals surface area contributed by atoms with E-state index < -0.39 is 5.91 Å². The topological polar surface area (TPSA) is 125 Å². The average Bonchev–Trinajstić information content (AvgIpc) is 3.47. The van der Waals surface area contributed by atoms with E-state index in [9.17, 15) is 9.59 Å². The Bertz CT molecular complexity index is 1320. The Kier molecular flexibility index (Phi) is 7.57. The number of hydroxylamine groups is 1. The second kappa shape index (κ2) is 11.0. The number of anilines is 1. The van der Waals surface area contributed by atoms with Crippen LogP contribution in [0.3, 0.4) is 0 Å². The third kappa shape index (κ3) is 5.93. The van der Waals surface area contributed by atoms with Crippen molar-refractivity contribution >= 4 is 28.7 Å². The number of carbonyl (C=O) groups excluding carboxylic acids is 2. The van der Waals surface area contributed by atoms with Gasteiger partial charge in [-0.05, 0) is 55.5 Å². The molecule has 0 spiro atoms. The van der Waals surface area contributed by atoms with Gasteiger partial charge in [0.25, 0.3) is 0 Å². The van der Waals surface area contributed by atoms with Crippen molar-refractivity contribution in [2.24, 2.45) is 0 Å². The Balaban J connectivity index is 1.40. The maximum absolute atomic E-state index is 12.2. The Morgan fingerprint density at radius 2 is 1.74 bits per heavy atom. The van der Waals surface area contributed by atoms with Crippen molar-refractivity contribution in [2.45, 2.75) is 52.5 Å². The lowest BCUT2D eigenvalue weighted by Crippen LogP contribution is -2.17. The number of aromatic amines is 1. The average molecular weight is 475 g/mol. The molecule has 0 fully saturated rings. The number of hydrogen-bond donors (Lipinski definition) is 4. The SMILES string of the molecule is Cc1cccc(C)c1Cn1cnc2ccc(-c3cc(NC(=O)CCCCCC(=O)NO)n[nH]3)cc21. The zero-order valence-corrected chi connectivity index (χ0v) is 20.0. The number of carbonyl (C=O) groups is 2. The van der Waals surface area contributed by atoms with Gasteiger partial charge in [0.1, 0.15) is 0 Å². The van der Waals surface area contributed by atoms with Crippen LogP contribution >= 0.6 is 0 Å². The Morgan fingerprint density at radius 3 is 2.49 bits per heavy atom. The summed E-state index contributed by atoms with van der Waals surface area (Å²) in [4.78, 5) is 27.8. The maximum atomic E-state index is 12.2. The highest BCUT2D eigenvalue weighted by Gasteiger charge is 2.11. The van der Waals surface area contributed by atoms with Crippen LogP contribution in [-0.2, 0) is 16.1 Å². The summed E-state index contributed by atoms with van der Waals surface area (Å²) in [6.07, 6.45) is 4.45. The molecule has 0 bridgehead atoms. The van der Waals surface area contributed by atoms with E-state index in [2.05, 4.69) is 63.2 Å². The van der Waals surface area contributed by atoms with E-state index in [0.717, 1.165) is 35.3 Å². The van der Waals surface area contributed by atoms with Gasteiger partial charge >= 0.3 is 0 Å². The fraction of sp³-hybridized carbons (Fsp3) is 0.308. The molecule has 2 aromatic heterocycles. The second-order valence-electron chi connectivity index (χ2n) is 8.76. The fourth-order valence-electron chi connectivity index (χ4n) is 4.16. The monoisotopic (exact) mass is 474 g/mol. The first-order valence-corrected chi connectivity index (χ1v) is 11.7. The highest BCUT2D eigenvalue weighted by molar-refractivity contribution is 5.90. The molecule has 0 saturated heterocycles. The number of imidazole rings is 1. The first kappa shape index (κ1) is 24.2. The predicted octanol–water partition coefficient (Wildman–Crippen LogP) is 4.49. The maximum Gasteiger partial charge on any atom is 0.243 e. The zero-order chi connectivity index (χ0) is 24.8. The summed E-state index contributed by atoms with van der Waals surface area (Å²) < 4.78 is 2.15. The van der Waals surface area contributed by atoms with Gasteiger partial charge in [-0.25, -0.2) is 10.5 Å². The van der Waals surface area contributed by atoms with Gasteiger partial charge in [-0.2, -0.15) is 5.10 Å². The minimum absolute atomic E-state index is 0.128. The summed E-state index contributed by atoms with van der Waals surface area (Å²) in [5.41, 5.74) is 9.12. The molecule has 2 aromatic carbocycles. The van der Waals surface area contributed by atoms with Gasteiger partial charge in [-0.3, -0.25) is 19.9 Å². The van der Waals surface area contributed by atoms with Crippen LogP contribution in [0.25, 0.3) is 22.3 Å². The summed E-state index contributed by atoms with van der Waals surface area (Å²) in [5, 5.41) is 18.5. The van der Waals surface area contributed by atoms with Gasteiger partial charge in [0.15, 0.2) is 5.82 Å². The molecule has 0 aliphatic carbocycles. The molecule has 4 aromatic rings. The van der Waals surface area contributed by atoms with Crippen LogP contribution in [-0.4, -0.2) is 36.8 Å². The third-order valence-electron chi connectivity index (χ3n) is 6.18. The lowest BCUT2D eigenvalue weighted by atomic mass is 10.0. The molecule has 9 nitrogen and oxygen atoms in total. The van der Waals surface area contributed by atoms with E-state index in [1.54, 1.807) is 5.48 Å². The van der Waals surface area contributed by atoms with Crippen LogP contribution < -0.4 is 10.8 Å². The number of aryl methyl sites for hydroxylation is 2. The first-order valence-electron chi connectivity index (χ1n) is 11.7. The van der Waals surface area contributed by atoms with E-state index >= 15 is 0 Å². The van der Waals surface area contributed by atoms with Crippen LogP contribution in [0.2, 0.25) is 0 Å². The summed E-state index contributed by atoms with van der Waals surface area (Å²) in [6.45, 7) is 5.00. The fourth-order valence-corrected chi connectivity index (χ4v) is 4.16. The van der Waals surface area contributed by atoms with Crippen LogP contribution in [0, 0.1) is 13.8 Å². The number of unbranched alkanes of at least 4 members (excludes halogenated alkanes) is 2. The number of hydrogen-bond acceptors (Lipinski definition) is 5. The highest BCUT2D eigenvalue weighted by atomic mass is 16.5. The van der Waals surface area contributed by atoms with Crippen LogP contribution in [0.15, 0.2) is 48.8 Å². The number of amides is 2. The molecule has 4 N–H and O–H groups in total. The molecule has 0 radical (unpaired) electrons. The smallest absolute Gasteiger partial charge is 0.243 e. The molecule has 182 valence electrons. The molecule has 2 heterocycles. The number of nitrogens with zero attached hydrogens (tertiary/aromatic N) is 3. The molecular weight excluding hydrogens is 444 g/mol. The Labute approximate surface area is 203 Å². The molecule has 9 heteroatoms. The van der Waals surface area contributed by atoms with E-state index in [1.165, 1.54) is 16.7 Å². The van der Waals surface area contributed by atoms with E-state index in [0.29, 0.717) is 25.1 Å². The molecule has 0 saturated carbocycles. The predicted molar refractivity (Wildman–Crippen MR) is 134 cm³/mol. The summed E-state index contributed by atoms with van der Waals surface area (Å²) in [5.74, 6) is -0.0735. The van der Waals surface area contributed by atoms with Gasteiger partial charge in [0.05, 0.1) is 23.1 Å². The van der Waals surface area contributed by atoms with Crippen molar-refractivity contribution in [2.75, 3.05) is 5.32 Å². The van der Waals surface area contributed by atoms with Gasteiger partial charge in [-0.15, -0.1) is 0 Å². The molecule has 4 rings (SSSR count). The largest absolute Gasteiger partial charge is 0.326 e. The number of aromatic nitrogens is 4. The quantitative estimate of drug-likeness (QED) is 0.153.